The fourth-order valence-corrected chi connectivity index (χ4v) is 11.0. The highest BCUT2D eigenvalue weighted by Crippen LogP contribution is 2.54. The van der Waals surface area contributed by atoms with Gasteiger partial charge in [-0.2, -0.15) is 0 Å². The Kier molecular flexibility index (Phi) is 8.79. The monoisotopic (exact) mass is 552 g/mol. The largest absolute Gasteiger partial charge is 0.0622 e. The van der Waals surface area contributed by atoms with Gasteiger partial charge in [0.25, 0.3) is 0 Å². The molecule has 0 aliphatic heterocycles. The van der Waals surface area contributed by atoms with Gasteiger partial charge in [-0.3, -0.25) is 0 Å². The highest BCUT2D eigenvalue weighted by Gasteiger charge is 2.28. The van der Waals surface area contributed by atoms with Crippen molar-refractivity contribution >= 4 is 47.8 Å². The third-order valence-electron chi connectivity index (χ3n) is 7.56. The summed E-state index contributed by atoms with van der Waals surface area (Å²) < 4.78 is 0. The number of rotatable bonds is 10. The van der Waals surface area contributed by atoms with Crippen molar-refractivity contribution in [3.8, 4) is 0 Å². The van der Waals surface area contributed by atoms with Gasteiger partial charge < -0.3 is 0 Å². The van der Waals surface area contributed by atoms with Crippen LogP contribution in [0.4, 0.5) is 0 Å². The molecule has 0 amide bonds. The van der Waals surface area contributed by atoms with E-state index in [9.17, 15) is 0 Å². The quantitative estimate of drug-likeness (QED) is 0.149. The second-order valence-electron chi connectivity index (χ2n) is 10.1. The Hall–Kier alpha value is -3.56. The van der Waals surface area contributed by atoms with Crippen molar-refractivity contribution in [2.45, 2.75) is 18.5 Å². The summed E-state index contributed by atoms with van der Waals surface area (Å²) in [5.74, 6) is 0. The van der Waals surface area contributed by atoms with E-state index in [0.717, 1.165) is 6.42 Å². The van der Waals surface area contributed by atoms with Crippen LogP contribution in [0, 0.1) is 0 Å². The lowest BCUT2D eigenvalue weighted by Gasteiger charge is -2.31. The zero-order valence-corrected chi connectivity index (χ0v) is 24.5. The van der Waals surface area contributed by atoms with Crippen molar-refractivity contribution in [3.05, 3.63) is 169 Å². The first-order valence-electron chi connectivity index (χ1n) is 14.1. The lowest BCUT2D eigenvalue weighted by atomic mass is 10.00. The molecule has 0 fully saturated rings. The molecule has 2 heteroatoms. The molecule has 0 bridgehead atoms. The van der Waals surface area contributed by atoms with Gasteiger partial charge in [-0.05, 0) is 72.4 Å². The maximum absolute atomic E-state index is 2.39. The summed E-state index contributed by atoms with van der Waals surface area (Å²) in [6.45, 7) is 0. The number of benzene rings is 6. The summed E-state index contributed by atoms with van der Waals surface area (Å²) in [5.41, 5.74) is 1.91. The number of fused-ring (bicyclic) bond motifs is 1. The van der Waals surface area contributed by atoms with E-state index in [0.29, 0.717) is 5.66 Å². The molecule has 196 valence electrons. The SMILES string of the molecule is c1ccc(P(CCCC(c2cccc3ccccc23)P(c2ccccc2)c2ccccc2)c2ccccc2)cc1. The molecule has 0 N–H and O–H groups in total. The molecule has 6 aromatic carbocycles. The predicted octanol–water partition coefficient (Wildman–Crippen LogP) is 8.93. The van der Waals surface area contributed by atoms with Gasteiger partial charge in [-0.1, -0.05) is 164 Å². The Balaban J connectivity index is 1.40. The minimum atomic E-state index is -0.596. The molecular weight excluding hydrogens is 518 g/mol. The van der Waals surface area contributed by atoms with Gasteiger partial charge in [-0.15, -0.1) is 0 Å². The lowest BCUT2D eigenvalue weighted by Crippen LogP contribution is -2.18. The second kappa shape index (κ2) is 13.2. The summed E-state index contributed by atoms with van der Waals surface area (Å²) in [7, 11) is -1.00. The van der Waals surface area contributed by atoms with Crippen LogP contribution in [0.1, 0.15) is 24.1 Å². The van der Waals surface area contributed by atoms with E-state index < -0.39 is 15.8 Å². The van der Waals surface area contributed by atoms with E-state index in [-0.39, 0.29) is 0 Å². The van der Waals surface area contributed by atoms with Crippen LogP contribution in [0.2, 0.25) is 0 Å². The Bertz CT molecular complexity index is 1530. The van der Waals surface area contributed by atoms with Crippen LogP contribution in [0.5, 0.6) is 0 Å². The second-order valence-corrected chi connectivity index (χ2v) is 14.8. The zero-order chi connectivity index (χ0) is 27.0. The van der Waals surface area contributed by atoms with E-state index in [2.05, 4.69) is 164 Å². The van der Waals surface area contributed by atoms with Gasteiger partial charge in [0.05, 0.1) is 0 Å². The topological polar surface area (TPSA) is 0 Å². The molecule has 0 nitrogen and oxygen atoms in total. The molecule has 0 aromatic heterocycles. The highest BCUT2D eigenvalue weighted by atomic mass is 31.1. The molecule has 6 rings (SSSR count). The predicted molar refractivity (Wildman–Crippen MR) is 179 cm³/mol. The minimum absolute atomic E-state index is 0.406. The van der Waals surface area contributed by atoms with Crippen LogP contribution in [0.3, 0.4) is 0 Å². The van der Waals surface area contributed by atoms with Crippen LogP contribution in [-0.4, -0.2) is 6.16 Å². The summed E-state index contributed by atoms with van der Waals surface area (Å²) in [6, 6.07) is 60.6. The Morgan fingerprint density at radius 2 is 0.875 bits per heavy atom. The third-order valence-corrected chi connectivity index (χ3v) is 13.0. The Labute approximate surface area is 241 Å². The summed E-state index contributed by atoms with van der Waals surface area (Å²) in [4.78, 5) is 0. The molecule has 0 radical (unpaired) electrons. The van der Waals surface area contributed by atoms with Crippen molar-refractivity contribution in [3.63, 3.8) is 0 Å². The smallest absolute Gasteiger partial charge is 0.0128 e. The number of hydrogen-bond acceptors (Lipinski definition) is 0. The normalized spacial score (nSPS) is 12.2. The molecule has 0 aliphatic rings. The lowest BCUT2D eigenvalue weighted by molar-refractivity contribution is 0.783. The van der Waals surface area contributed by atoms with E-state index >= 15 is 0 Å². The number of hydrogen-bond donors (Lipinski definition) is 0. The summed E-state index contributed by atoms with van der Waals surface area (Å²) in [5, 5.41) is 8.57. The third kappa shape index (κ3) is 6.10. The summed E-state index contributed by atoms with van der Waals surface area (Å²) >= 11 is 0. The maximum atomic E-state index is 2.39. The molecule has 0 saturated carbocycles. The van der Waals surface area contributed by atoms with Crippen LogP contribution in [0.25, 0.3) is 10.8 Å². The molecule has 0 heterocycles. The van der Waals surface area contributed by atoms with Crippen molar-refractivity contribution < 1.29 is 0 Å². The van der Waals surface area contributed by atoms with Crippen molar-refractivity contribution in [2.24, 2.45) is 0 Å². The van der Waals surface area contributed by atoms with Crippen LogP contribution < -0.4 is 21.2 Å². The maximum Gasteiger partial charge on any atom is 0.0128 e. The van der Waals surface area contributed by atoms with Gasteiger partial charge in [0.2, 0.25) is 0 Å². The highest BCUT2D eigenvalue weighted by molar-refractivity contribution is 7.73. The van der Waals surface area contributed by atoms with Gasteiger partial charge in [0.1, 0.15) is 0 Å². The first-order chi connectivity index (χ1) is 19.9. The van der Waals surface area contributed by atoms with E-state index in [4.69, 9.17) is 0 Å². The molecule has 1 unspecified atom stereocenters. The standard InChI is InChI=1S/C38H34P2/c1-5-19-32(20-6-1)39(33-21-7-2-8-22-33)30-16-29-38(37-28-15-18-31-17-13-14-27-36(31)37)40(34-23-9-3-10-24-34)35-25-11-4-12-26-35/h1-15,17-28,38H,16,29-30H2. The molecule has 0 spiro atoms. The van der Waals surface area contributed by atoms with Crippen LogP contribution >= 0.6 is 15.8 Å². The van der Waals surface area contributed by atoms with Crippen molar-refractivity contribution in [1.82, 2.24) is 0 Å². The van der Waals surface area contributed by atoms with E-state index in [1.54, 1.807) is 0 Å². The van der Waals surface area contributed by atoms with Gasteiger partial charge in [0, 0.05) is 5.66 Å². The van der Waals surface area contributed by atoms with E-state index in [1.165, 1.54) is 50.1 Å². The average Bonchev–Trinajstić information content (AvgIpc) is 3.04. The molecule has 6 aromatic rings. The van der Waals surface area contributed by atoms with Crippen molar-refractivity contribution in [1.29, 1.82) is 0 Å². The minimum Gasteiger partial charge on any atom is -0.0622 e. The molecule has 1 atom stereocenters. The van der Waals surface area contributed by atoms with Gasteiger partial charge in [-0.25, -0.2) is 0 Å². The van der Waals surface area contributed by atoms with Crippen LogP contribution in [-0.2, 0) is 0 Å². The fraction of sp³-hybridized carbons (Fsp3) is 0.105. The van der Waals surface area contributed by atoms with Crippen LogP contribution in [0.15, 0.2) is 164 Å². The first-order valence-corrected chi connectivity index (χ1v) is 17.1. The molecule has 40 heavy (non-hydrogen) atoms. The summed E-state index contributed by atoms with van der Waals surface area (Å²) in [6.07, 6.45) is 3.53. The molecule has 0 saturated heterocycles. The Morgan fingerprint density at radius 1 is 0.425 bits per heavy atom. The molecular formula is C38H34P2. The zero-order valence-electron chi connectivity index (χ0n) is 22.7. The van der Waals surface area contributed by atoms with Crippen molar-refractivity contribution in [2.75, 3.05) is 6.16 Å². The van der Waals surface area contributed by atoms with E-state index in [1.807, 2.05) is 0 Å². The van der Waals surface area contributed by atoms with Gasteiger partial charge >= 0.3 is 0 Å². The molecule has 0 aliphatic carbocycles. The average molecular weight is 553 g/mol. The Morgan fingerprint density at radius 3 is 1.43 bits per heavy atom. The fourth-order valence-electron chi connectivity index (χ4n) is 5.72. The first kappa shape index (κ1) is 26.7. The van der Waals surface area contributed by atoms with Gasteiger partial charge in [0.15, 0.2) is 0 Å².